The number of carbonyl (C=O) groups is 2. The van der Waals surface area contributed by atoms with Crippen LogP contribution in [0, 0.1) is 6.92 Å². The molecule has 5 aromatic rings. The number of anilines is 3. The number of carbonyl (C=O) groups excluding carboxylic acids is 2. The van der Waals surface area contributed by atoms with Crippen LogP contribution in [0.3, 0.4) is 0 Å². The highest BCUT2D eigenvalue weighted by atomic mass is 35.5. The van der Waals surface area contributed by atoms with E-state index in [2.05, 4.69) is 20.9 Å². The van der Waals surface area contributed by atoms with Gasteiger partial charge in [0.05, 0.1) is 19.9 Å². The molecule has 0 fully saturated rings. The molecular formula is C29H25ClN6O4. The minimum absolute atomic E-state index is 0.0913. The van der Waals surface area contributed by atoms with Gasteiger partial charge in [-0.2, -0.15) is 5.10 Å². The van der Waals surface area contributed by atoms with E-state index >= 15 is 0 Å². The largest absolute Gasteiger partial charge is 0.497 e. The second-order valence-electron chi connectivity index (χ2n) is 8.97. The van der Waals surface area contributed by atoms with Crippen LogP contribution in [0.25, 0.3) is 11.3 Å². The fraction of sp³-hybridized carbons (Fsp3) is 0.103. The summed E-state index contributed by atoms with van der Waals surface area (Å²) in [4.78, 5) is 26.0. The van der Waals surface area contributed by atoms with E-state index in [9.17, 15) is 9.59 Å². The average molecular weight is 557 g/mol. The van der Waals surface area contributed by atoms with Gasteiger partial charge >= 0.3 is 0 Å². The van der Waals surface area contributed by atoms with Crippen LogP contribution in [0.1, 0.15) is 32.0 Å². The van der Waals surface area contributed by atoms with E-state index in [-0.39, 0.29) is 5.69 Å². The maximum Gasteiger partial charge on any atom is 0.277 e. The van der Waals surface area contributed by atoms with Crippen molar-refractivity contribution < 1.29 is 18.8 Å². The van der Waals surface area contributed by atoms with Crippen molar-refractivity contribution in [2.45, 2.75) is 13.5 Å². The van der Waals surface area contributed by atoms with Crippen LogP contribution in [0.5, 0.6) is 5.75 Å². The highest BCUT2D eigenvalue weighted by Gasteiger charge is 2.18. The zero-order valence-electron chi connectivity index (χ0n) is 21.6. The van der Waals surface area contributed by atoms with Crippen molar-refractivity contribution in [1.82, 2.24) is 14.9 Å². The van der Waals surface area contributed by atoms with Gasteiger partial charge in [0.2, 0.25) is 0 Å². The number of nitrogens with one attached hydrogen (secondary N) is 2. The highest BCUT2D eigenvalue weighted by molar-refractivity contribution is 6.30. The Balaban J connectivity index is 1.26. The maximum atomic E-state index is 13.2. The number of halogens is 1. The van der Waals surface area contributed by atoms with Gasteiger partial charge in [-0.25, -0.2) is 4.68 Å². The first-order valence-corrected chi connectivity index (χ1v) is 12.6. The molecule has 5 rings (SSSR count). The van der Waals surface area contributed by atoms with Crippen molar-refractivity contribution in [3.8, 4) is 17.1 Å². The molecule has 0 aliphatic rings. The SMILES string of the molecule is COc1ccc(Cn2ncc(NC(=O)c3cc(NC(=O)c4cc(-c5ccc(Cl)cc5)on4)ccc3C)c2N)cc1. The molecule has 2 aromatic heterocycles. The summed E-state index contributed by atoms with van der Waals surface area (Å²) in [5.41, 5.74) is 9.93. The zero-order valence-corrected chi connectivity index (χ0v) is 22.4. The van der Waals surface area contributed by atoms with Crippen molar-refractivity contribution in [2.24, 2.45) is 0 Å². The predicted molar refractivity (Wildman–Crippen MR) is 153 cm³/mol. The van der Waals surface area contributed by atoms with Crippen LogP contribution < -0.4 is 21.1 Å². The number of hydrogen-bond acceptors (Lipinski definition) is 7. The molecule has 202 valence electrons. The Morgan fingerprint density at radius 2 is 1.75 bits per heavy atom. The lowest BCUT2D eigenvalue weighted by Gasteiger charge is -2.11. The quantitative estimate of drug-likeness (QED) is 0.225. The lowest BCUT2D eigenvalue weighted by molar-refractivity contribution is 0.101. The molecule has 2 heterocycles. The number of nitrogen functional groups attached to an aromatic ring is 1. The molecule has 11 heteroatoms. The second-order valence-corrected chi connectivity index (χ2v) is 9.41. The van der Waals surface area contributed by atoms with Crippen molar-refractivity contribution in [2.75, 3.05) is 23.5 Å². The minimum atomic E-state index is -0.483. The van der Waals surface area contributed by atoms with Crippen LogP contribution in [0.2, 0.25) is 5.02 Å². The van der Waals surface area contributed by atoms with Crippen LogP contribution in [0.15, 0.2) is 83.5 Å². The van der Waals surface area contributed by atoms with Crippen molar-refractivity contribution in [3.05, 3.63) is 106 Å². The van der Waals surface area contributed by atoms with E-state index in [1.807, 2.05) is 24.3 Å². The third kappa shape index (κ3) is 5.82. The van der Waals surface area contributed by atoms with Crippen molar-refractivity contribution >= 4 is 40.6 Å². The van der Waals surface area contributed by atoms with E-state index < -0.39 is 11.8 Å². The number of methoxy groups -OCH3 is 1. The first-order valence-electron chi connectivity index (χ1n) is 12.2. The van der Waals surface area contributed by atoms with Crippen molar-refractivity contribution in [1.29, 1.82) is 0 Å². The summed E-state index contributed by atoms with van der Waals surface area (Å²) in [6.07, 6.45) is 1.50. The van der Waals surface area contributed by atoms with E-state index in [1.54, 1.807) is 61.2 Å². The monoisotopic (exact) mass is 556 g/mol. The standard InChI is InChI=1S/C29H25ClN6O4/c1-17-3-10-21(33-29(38)24-14-26(40-35-24)19-6-8-20(30)9-7-19)13-23(17)28(37)34-25-15-32-36(27(25)31)16-18-4-11-22(39-2)12-5-18/h3-15H,16,31H2,1-2H3,(H,33,38)(H,34,37). The van der Waals surface area contributed by atoms with Gasteiger partial charge in [-0.1, -0.05) is 35.0 Å². The highest BCUT2D eigenvalue weighted by Crippen LogP contribution is 2.25. The van der Waals surface area contributed by atoms with E-state index in [4.69, 9.17) is 26.6 Å². The number of aryl methyl sites for hydroxylation is 1. The number of hydrogen-bond donors (Lipinski definition) is 3. The lowest BCUT2D eigenvalue weighted by Crippen LogP contribution is -2.16. The predicted octanol–water partition coefficient (Wildman–Crippen LogP) is 5.64. The summed E-state index contributed by atoms with van der Waals surface area (Å²) < 4.78 is 12.1. The molecule has 0 aliphatic carbocycles. The summed E-state index contributed by atoms with van der Waals surface area (Å²) in [6.45, 7) is 2.22. The van der Waals surface area contributed by atoms with Gasteiger partial charge in [0.25, 0.3) is 11.8 Å². The van der Waals surface area contributed by atoms with Gasteiger partial charge in [0.15, 0.2) is 11.5 Å². The Labute approximate surface area is 234 Å². The Bertz CT molecular complexity index is 1680. The topological polar surface area (TPSA) is 137 Å². The number of aromatic nitrogens is 3. The van der Waals surface area contributed by atoms with Gasteiger partial charge in [-0.05, 0) is 66.6 Å². The molecule has 3 aromatic carbocycles. The van der Waals surface area contributed by atoms with Crippen LogP contribution in [-0.4, -0.2) is 33.9 Å². The zero-order chi connectivity index (χ0) is 28.2. The Hall–Kier alpha value is -5.09. The summed E-state index contributed by atoms with van der Waals surface area (Å²) in [7, 11) is 1.61. The van der Waals surface area contributed by atoms with Gasteiger partial charge in [-0.3, -0.25) is 9.59 Å². The third-order valence-electron chi connectivity index (χ3n) is 6.23. The van der Waals surface area contributed by atoms with E-state index in [0.717, 1.165) is 16.9 Å². The van der Waals surface area contributed by atoms with E-state index in [1.165, 1.54) is 12.3 Å². The molecule has 0 unspecified atom stereocenters. The van der Waals surface area contributed by atoms with Gasteiger partial charge in [-0.15, -0.1) is 0 Å². The summed E-state index contributed by atoms with van der Waals surface area (Å²) in [5.74, 6) is 0.617. The Kier molecular flexibility index (Phi) is 7.52. The normalized spacial score (nSPS) is 10.8. The summed E-state index contributed by atoms with van der Waals surface area (Å²) in [6, 6.07) is 21.1. The fourth-order valence-corrected chi connectivity index (χ4v) is 4.11. The molecule has 0 aliphatic heterocycles. The number of ether oxygens (including phenoxy) is 1. The van der Waals surface area contributed by atoms with Gasteiger partial charge < -0.3 is 25.6 Å². The van der Waals surface area contributed by atoms with Gasteiger partial charge in [0, 0.05) is 27.9 Å². The summed E-state index contributed by atoms with van der Waals surface area (Å²) in [5, 5.41) is 14.3. The molecular weight excluding hydrogens is 532 g/mol. The lowest BCUT2D eigenvalue weighted by atomic mass is 10.1. The Morgan fingerprint density at radius 1 is 1.00 bits per heavy atom. The molecule has 0 spiro atoms. The molecule has 40 heavy (non-hydrogen) atoms. The van der Waals surface area contributed by atoms with Gasteiger partial charge in [0.1, 0.15) is 17.3 Å². The minimum Gasteiger partial charge on any atom is -0.497 e. The average Bonchev–Trinajstić information content (AvgIpc) is 3.58. The molecule has 0 saturated heterocycles. The third-order valence-corrected chi connectivity index (χ3v) is 6.48. The number of benzene rings is 3. The Morgan fingerprint density at radius 3 is 2.48 bits per heavy atom. The maximum absolute atomic E-state index is 13.2. The van der Waals surface area contributed by atoms with Crippen LogP contribution in [-0.2, 0) is 6.54 Å². The number of amides is 2. The first kappa shape index (κ1) is 26.5. The smallest absolute Gasteiger partial charge is 0.277 e. The van der Waals surface area contributed by atoms with Crippen LogP contribution in [0.4, 0.5) is 17.2 Å². The fourth-order valence-electron chi connectivity index (χ4n) is 3.98. The molecule has 0 atom stereocenters. The molecule has 0 bridgehead atoms. The second kappa shape index (κ2) is 11.3. The van der Waals surface area contributed by atoms with E-state index in [0.29, 0.717) is 45.6 Å². The molecule has 0 radical (unpaired) electrons. The number of nitrogens with two attached hydrogens (primary N) is 1. The molecule has 2 amide bonds. The number of nitrogens with zero attached hydrogens (tertiary/aromatic N) is 3. The molecule has 10 nitrogen and oxygen atoms in total. The summed E-state index contributed by atoms with van der Waals surface area (Å²) >= 11 is 5.93. The number of rotatable bonds is 8. The molecule has 4 N–H and O–H groups in total. The first-order chi connectivity index (χ1) is 19.3. The van der Waals surface area contributed by atoms with Crippen LogP contribution >= 0.6 is 11.6 Å². The molecule has 0 saturated carbocycles. The van der Waals surface area contributed by atoms with Crippen molar-refractivity contribution in [3.63, 3.8) is 0 Å².